The summed E-state index contributed by atoms with van der Waals surface area (Å²) in [6, 6.07) is 1.94. The first kappa shape index (κ1) is 16.7. The highest BCUT2D eigenvalue weighted by Gasteiger charge is 2.23. The van der Waals surface area contributed by atoms with Crippen LogP contribution in [0.5, 0.6) is 0 Å². The van der Waals surface area contributed by atoms with Gasteiger partial charge in [-0.3, -0.25) is 14.5 Å². The summed E-state index contributed by atoms with van der Waals surface area (Å²) in [7, 11) is 1.84. The minimum atomic E-state index is 0.00487. The third-order valence-corrected chi connectivity index (χ3v) is 4.68. The van der Waals surface area contributed by atoms with Crippen molar-refractivity contribution in [2.24, 2.45) is 5.92 Å². The average Bonchev–Trinajstić information content (AvgIpc) is 3.13. The van der Waals surface area contributed by atoms with Crippen molar-refractivity contribution in [2.75, 3.05) is 7.05 Å². The standard InChI is InChI=1S/C16H24N4OS/c1-6-20-14(8-13(18-20)7-11(2)3)16(21)19(5)12(4)15-9-17-10-22-15/h8-12H,6-7H2,1-5H3. The smallest absolute Gasteiger partial charge is 0.272 e. The van der Waals surface area contributed by atoms with Crippen molar-refractivity contribution in [3.05, 3.63) is 34.0 Å². The predicted molar refractivity (Wildman–Crippen MR) is 89.1 cm³/mol. The number of aryl methyl sites for hydroxylation is 1. The topological polar surface area (TPSA) is 51.0 Å². The Bertz CT molecular complexity index is 618. The van der Waals surface area contributed by atoms with E-state index in [1.807, 2.05) is 33.2 Å². The van der Waals surface area contributed by atoms with Crippen LogP contribution >= 0.6 is 11.3 Å². The summed E-state index contributed by atoms with van der Waals surface area (Å²) in [5, 5.41) is 4.55. The maximum atomic E-state index is 12.8. The van der Waals surface area contributed by atoms with Crippen molar-refractivity contribution in [1.29, 1.82) is 0 Å². The van der Waals surface area contributed by atoms with Gasteiger partial charge >= 0.3 is 0 Å². The second kappa shape index (κ2) is 7.05. The average molecular weight is 320 g/mol. The van der Waals surface area contributed by atoms with Gasteiger partial charge in [0.2, 0.25) is 0 Å². The van der Waals surface area contributed by atoms with E-state index in [9.17, 15) is 4.79 Å². The fraction of sp³-hybridized carbons (Fsp3) is 0.562. The van der Waals surface area contributed by atoms with Gasteiger partial charge in [-0.25, -0.2) is 0 Å². The molecule has 0 aliphatic rings. The number of carbonyl (C=O) groups is 1. The Hall–Kier alpha value is -1.69. The lowest BCUT2D eigenvalue weighted by Crippen LogP contribution is -2.31. The zero-order valence-electron chi connectivity index (χ0n) is 13.9. The highest BCUT2D eigenvalue weighted by Crippen LogP contribution is 2.24. The summed E-state index contributed by atoms with van der Waals surface area (Å²) in [5.74, 6) is 0.530. The Morgan fingerprint density at radius 1 is 1.41 bits per heavy atom. The first-order valence-corrected chi connectivity index (χ1v) is 8.54. The molecule has 0 saturated carbocycles. The number of hydrogen-bond donors (Lipinski definition) is 0. The van der Waals surface area contributed by atoms with E-state index in [-0.39, 0.29) is 11.9 Å². The molecule has 0 saturated heterocycles. The summed E-state index contributed by atoms with van der Waals surface area (Å²) in [4.78, 5) is 19.7. The van der Waals surface area contributed by atoms with Crippen LogP contribution in [0.4, 0.5) is 0 Å². The minimum absolute atomic E-state index is 0.00487. The summed E-state index contributed by atoms with van der Waals surface area (Å²) < 4.78 is 1.80. The quantitative estimate of drug-likeness (QED) is 0.820. The van der Waals surface area contributed by atoms with Gasteiger partial charge in [-0.2, -0.15) is 5.10 Å². The second-order valence-electron chi connectivity index (χ2n) is 5.93. The van der Waals surface area contributed by atoms with E-state index in [0.717, 1.165) is 17.0 Å². The van der Waals surface area contributed by atoms with Crippen LogP contribution in [0, 0.1) is 5.92 Å². The van der Waals surface area contributed by atoms with Crippen LogP contribution in [0.25, 0.3) is 0 Å². The molecule has 2 heterocycles. The first-order chi connectivity index (χ1) is 10.4. The molecule has 0 aromatic carbocycles. The number of hydrogen-bond acceptors (Lipinski definition) is 4. The van der Waals surface area contributed by atoms with Crippen LogP contribution in [-0.4, -0.2) is 32.6 Å². The lowest BCUT2D eigenvalue weighted by Gasteiger charge is -2.23. The van der Waals surface area contributed by atoms with Crippen LogP contribution in [0.1, 0.15) is 54.8 Å². The fourth-order valence-corrected chi connectivity index (χ4v) is 3.10. The maximum Gasteiger partial charge on any atom is 0.272 e. The molecule has 2 aromatic heterocycles. The number of amides is 1. The molecule has 120 valence electrons. The van der Waals surface area contributed by atoms with Gasteiger partial charge in [0.25, 0.3) is 5.91 Å². The Morgan fingerprint density at radius 2 is 2.14 bits per heavy atom. The molecule has 0 radical (unpaired) electrons. The minimum Gasteiger partial charge on any atom is -0.333 e. The Balaban J connectivity index is 2.22. The molecule has 0 spiro atoms. The number of carbonyl (C=O) groups excluding carboxylic acids is 1. The van der Waals surface area contributed by atoms with Crippen LogP contribution < -0.4 is 0 Å². The first-order valence-electron chi connectivity index (χ1n) is 7.66. The largest absolute Gasteiger partial charge is 0.333 e. The monoisotopic (exact) mass is 320 g/mol. The number of aromatic nitrogens is 3. The molecular formula is C16H24N4OS. The predicted octanol–water partition coefficient (Wildman–Crippen LogP) is 3.39. The molecule has 0 aliphatic carbocycles. The van der Waals surface area contributed by atoms with Crippen molar-refractivity contribution < 1.29 is 4.79 Å². The Labute approximate surface area is 136 Å². The third kappa shape index (κ3) is 3.55. The molecule has 2 aromatic rings. The Kier molecular flexibility index (Phi) is 5.34. The van der Waals surface area contributed by atoms with E-state index in [2.05, 4.69) is 23.9 Å². The van der Waals surface area contributed by atoms with Crippen LogP contribution in [0.3, 0.4) is 0 Å². The Morgan fingerprint density at radius 3 is 2.68 bits per heavy atom. The normalized spacial score (nSPS) is 12.6. The molecule has 1 atom stereocenters. The van der Waals surface area contributed by atoms with Gasteiger partial charge in [-0.05, 0) is 32.3 Å². The molecule has 22 heavy (non-hydrogen) atoms. The maximum absolute atomic E-state index is 12.8. The van der Waals surface area contributed by atoms with Crippen LogP contribution in [-0.2, 0) is 13.0 Å². The van der Waals surface area contributed by atoms with Crippen molar-refractivity contribution >= 4 is 17.2 Å². The van der Waals surface area contributed by atoms with E-state index in [1.54, 1.807) is 26.4 Å². The van der Waals surface area contributed by atoms with Crippen molar-refractivity contribution in [3.63, 3.8) is 0 Å². The van der Waals surface area contributed by atoms with E-state index in [1.165, 1.54) is 0 Å². The second-order valence-corrected chi connectivity index (χ2v) is 6.85. The molecular weight excluding hydrogens is 296 g/mol. The number of nitrogens with zero attached hydrogens (tertiary/aromatic N) is 4. The van der Waals surface area contributed by atoms with Gasteiger partial charge in [0.05, 0.1) is 17.2 Å². The molecule has 1 unspecified atom stereocenters. The van der Waals surface area contributed by atoms with Gasteiger partial charge in [-0.1, -0.05) is 13.8 Å². The zero-order chi connectivity index (χ0) is 16.3. The van der Waals surface area contributed by atoms with Gasteiger partial charge in [-0.15, -0.1) is 11.3 Å². The van der Waals surface area contributed by atoms with Gasteiger partial charge < -0.3 is 4.90 Å². The molecule has 1 amide bonds. The molecule has 6 heteroatoms. The molecule has 0 N–H and O–H groups in total. The van der Waals surface area contributed by atoms with Crippen LogP contribution in [0.15, 0.2) is 17.8 Å². The molecule has 2 rings (SSSR count). The van der Waals surface area contributed by atoms with Crippen LogP contribution in [0.2, 0.25) is 0 Å². The summed E-state index contributed by atoms with van der Waals surface area (Å²) in [5.41, 5.74) is 3.44. The van der Waals surface area contributed by atoms with Gasteiger partial charge in [0.15, 0.2) is 0 Å². The van der Waals surface area contributed by atoms with Gasteiger partial charge in [0.1, 0.15) is 5.69 Å². The molecule has 0 bridgehead atoms. The third-order valence-electron chi connectivity index (χ3n) is 3.73. The van der Waals surface area contributed by atoms with Crippen molar-refractivity contribution in [1.82, 2.24) is 19.7 Å². The number of thiazole rings is 1. The van der Waals surface area contributed by atoms with E-state index in [0.29, 0.717) is 18.2 Å². The molecule has 0 aliphatic heterocycles. The summed E-state index contributed by atoms with van der Waals surface area (Å²) >= 11 is 1.57. The summed E-state index contributed by atoms with van der Waals surface area (Å²) in [6.07, 6.45) is 2.71. The van der Waals surface area contributed by atoms with E-state index >= 15 is 0 Å². The zero-order valence-corrected chi connectivity index (χ0v) is 14.7. The number of rotatable bonds is 6. The summed E-state index contributed by atoms with van der Waals surface area (Å²) in [6.45, 7) is 9.04. The SMILES string of the molecule is CCn1nc(CC(C)C)cc1C(=O)N(C)C(C)c1cncs1. The highest BCUT2D eigenvalue weighted by molar-refractivity contribution is 7.09. The fourth-order valence-electron chi connectivity index (χ4n) is 2.38. The van der Waals surface area contributed by atoms with Crippen molar-refractivity contribution in [2.45, 2.75) is 46.7 Å². The lowest BCUT2D eigenvalue weighted by molar-refractivity contribution is 0.0732. The highest BCUT2D eigenvalue weighted by atomic mass is 32.1. The van der Waals surface area contributed by atoms with E-state index in [4.69, 9.17) is 0 Å². The lowest BCUT2D eigenvalue weighted by atomic mass is 10.1. The molecule has 5 nitrogen and oxygen atoms in total. The van der Waals surface area contributed by atoms with E-state index < -0.39 is 0 Å². The molecule has 0 fully saturated rings. The van der Waals surface area contributed by atoms with Gasteiger partial charge in [0, 0.05) is 24.7 Å². The van der Waals surface area contributed by atoms with Crippen molar-refractivity contribution in [3.8, 4) is 0 Å².